The van der Waals surface area contributed by atoms with Crippen LogP contribution >= 0.6 is 0 Å². The molecule has 3 aromatic rings. The lowest BCUT2D eigenvalue weighted by Crippen LogP contribution is -2.52. The number of likely N-dealkylation sites (N-methyl/N-ethyl adjacent to an activating group) is 1. The molecule has 0 aromatic heterocycles. The van der Waals surface area contributed by atoms with Crippen LogP contribution in [0.3, 0.4) is 0 Å². The predicted octanol–water partition coefficient (Wildman–Crippen LogP) is 4.69. The van der Waals surface area contributed by atoms with Gasteiger partial charge >= 0.3 is 12.1 Å². The lowest BCUT2D eigenvalue weighted by atomic mass is 10.0. The molecule has 1 aliphatic rings. The number of amides is 2. The highest BCUT2D eigenvalue weighted by atomic mass is 16.6. The summed E-state index contributed by atoms with van der Waals surface area (Å²) in [5.74, 6) is -0.727. The van der Waals surface area contributed by atoms with Crippen molar-refractivity contribution >= 4 is 34.4 Å². The molecule has 218 valence electrons. The second-order valence-electron chi connectivity index (χ2n) is 11.1. The Morgan fingerprint density at radius 3 is 2.56 bits per heavy atom. The number of carbonyl (C=O) groups is 3. The SMILES string of the molecule is COc1ccc2ccccc2c1CN1C(=O)[C@@H](NC[C@H](C)N(C)C(=O)OC(C)(C)C)COc2c(C(=O)O)cccc21. The number of hydrogen-bond acceptors (Lipinski definition) is 7. The third kappa shape index (κ3) is 6.54. The van der Waals surface area contributed by atoms with Gasteiger partial charge in [0.2, 0.25) is 5.91 Å². The number of anilines is 1. The highest BCUT2D eigenvalue weighted by Crippen LogP contribution is 2.38. The highest BCUT2D eigenvalue weighted by molar-refractivity contribution is 6.03. The lowest BCUT2D eigenvalue weighted by molar-refractivity contribution is -0.121. The third-order valence-corrected chi connectivity index (χ3v) is 7.01. The number of benzene rings is 3. The molecule has 0 unspecified atom stereocenters. The van der Waals surface area contributed by atoms with Crippen molar-refractivity contribution in [3.8, 4) is 11.5 Å². The van der Waals surface area contributed by atoms with Gasteiger partial charge in [0, 0.05) is 25.2 Å². The van der Waals surface area contributed by atoms with Crippen LogP contribution in [0.4, 0.5) is 10.5 Å². The van der Waals surface area contributed by atoms with Gasteiger partial charge in [0.25, 0.3) is 0 Å². The van der Waals surface area contributed by atoms with E-state index in [9.17, 15) is 19.5 Å². The van der Waals surface area contributed by atoms with E-state index in [4.69, 9.17) is 14.2 Å². The van der Waals surface area contributed by atoms with E-state index in [0.717, 1.165) is 16.3 Å². The number of carbonyl (C=O) groups excluding carboxylic acids is 2. The first-order valence-corrected chi connectivity index (χ1v) is 13.5. The average molecular weight is 564 g/mol. The summed E-state index contributed by atoms with van der Waals surface area (Å²) < 4.78 is 17.1. The van der Waals surface area contributed by atoms with E-state index < -0.39 is 23.7 Å². The van der Waals surface area contributed by atoms with Crippen LogP contribution in [-0.2, 0) is 16.1 Å². The Hall–Kier alpha value is -4.31. The van der Waals surface area contributed by atoms with Crippen LogP contribution in [0, 0.1) is 0 Å². The van der Waals surface area contributed by atoms with Crippen molar-refractivity contribution in [2.75, 3.05) is 32.2 Å². The van der Waals surface area contributed by atoms with Gasteiger partial charge in [0.1, 0.15) is 29.6 Å². The van der Waals surface area contributed by atoms with Crippen molar-refractivity contribution in [1.82, 2.24) is 10.2 Å². The molecular weight excluding hydrogens is 526 g/mol. The molecule has 0 saturated carbocycles. The minimum Gasteiger partial charge on any atom is -0.496 e. The Morgan fingerprint density at radius 2 is 1.88 bits per heavy atom. The number of ether oxygens (including phenoxy) is 3. The summed E-state index contributed by atoms with van der Waals surface area (Å²) in [6.45, 7) is 7.53. The lowest BCUT2D eigenvalue weighted by Gasteiger charge is -2.30. The number of methoxy groups -OCH3 is 1. The van der Waals surface area contributed by atoms with Crippen molar-refractivity contribution in [3.63, 3.8) is 0 Å². The molecule has 0 saturated heterocycles. The van der Waals surface area contributed by atoms with Gasteiger partial charge in [-0.3, -0.25) is 4.79 Å². The summed E-state index contributed by atoms with van der Waals surface area (Å²) in [5, 5.41) is 15.0. The van der Waals surface area contributed by atoms with Gasteiger partial charge in [-0.1, -0.05) is 36.4 Å². The maximum absolute atomic E-state index is 14.1. The number of hydrogen-bond donors (Lipinski definition) is 2. The number of carboxylic acids is 1. The first-order chi connectivity index (χ1) is 19.4. The van der Waals surface area contributed by atoms with Crippen LogP contribution < -0.4 is 19.7 Å². The fraction of sp³-hybridized carbons (Fsp3) is 0.387. The standard InChI is InChI=1S/C31H37N3O7/c1-19(33(5)30(38)41-31(2,3)4)16-32-24-18-40-27-22(29(36)37)12-9-13-25(27)34(28(24)35)17-23-21-11-8-7-10-20(21)14-15-26(23)39-6/h7-15,19,24,32H,16-18H2,1-6H3,(H,36,37)/t19-,24-/m0/s1. The van der Waals surface area contributed by atoms with Crippen LogP contribution in [-0.4, -0.2) is 73.0 Å². The third-order valence-electron chi connectivity index (χ3n) is 7.01. The van der Waals surface area contributed by atoms with Crippen molar-refractivity contribution < 1.29 is 33.7 Å². The molecule has 10 heteroatoms. The maximum atomic E-state index is 14.1. The Labute approximate surface area is 239 Å². The van der Waals surface area contributed by atoms with Gasteiger partial charge < -0.3 is 34.4 Å². The molecule has 0 aliphatic carbocycles. The molecule has 4 rings (SSSR count). The van der Waals surface area contributed by atoms with Crippen LogP contribution in [0.2, 0.25) is 0 Å². The van der Waals surface area contributed by atoms with Crippen LogP contribution in [0.25, 0.3) is 10.8 Å². The Kier molecular flexibility index (Phi) is 8.72. The normalized spacial score (nSPS) is 15.9. The van der Waals surface area contributed by atoms with E-state index in [1.165, 1.54) is 11.0 Å². The number of aromatic carboxylic acids is 1. The number of nitrogens with one attached hydrogen (secondary N) is 1. The second-order valence-corrected chi connectivity index (χ2v) is 11.1. The summed E-state index contributed by atoms with van der Waals surface area (Å²) >= 11 is 0. The minimum atomic E-state index is -1.16. The summed E-state index contributed by atoms with van der Waals surface area (Å²) in [7, 11) is 3.21. The van der Waals surface area contributed by atoms with Gasteiger partial charge in [-0.05, 0) is 56.7 Å². The number of carboxylic acid groups (broad SMARTS) is 1. The molecule has 2 N–H and O–H groups in total. The maximum Gasteiger partial charge on any atom is 0.410 e. The van der Waals surface area contributed by atoms with Crippen LogP contribution in [0.5, 0.6) is 11.5 Å². The molecule has 3 aromatic carbocycles. The summed E-state index contributed by atoms with van der Waals surface area (Å²) in [5.41, 5.74) is 0.460. The van der Waals surface area contributed by atoms with Gasteiger partial charge in [-0.25, -0.2) is 9.59 Å². The molecule has 1 heterocycles. The number of nitrogens with zero attached hydrogens (tertiary/aromatic N) is 2. The fourth-order valence-corrected chi connectivity index (χ4v) is 4.70. The molecular formula is C31H37N3O7. The van der Waals surface area contributed by atoms with Crippen molar-refractivity contribution in [3.05, 3.63) is 65.7 Å². The molecule has 1 aliphatic heterocycles. The molecule has 2 amide bonds. The van der Waals surface area contributed by atoms with Crippen molar-refractivity contribution in [2.24, 2.45) is 0 Å². The van der Waals surface area contributed by atoms with Gasteiger partial charge in [0.15, 0.2) is 5.75 Å². The highest BCUT2D eigenvalue weighted by Gasteiger charge is 2.35. The monoisotopic (exact) mass is 563 g/mol. The van der Waals surface area contributed by atoms with Crippen molar-refractivity contribution in [2.45, 2.75) is 51.9 Å². The zero-order chi connectivity index (χ0) is 29.9. The van der Waals surface area contributed by atoms with E-state index in [-0.39, 0.29) is 43.0 Å². The van der Waals surface area contributed by atoms with Gasteiger partial charge in [0.05, 0.1) is 19.3 Å². The molecule has 41 heavy (non-hydrogen) atoms. The molecule has 0 radical (unpaired) electrons. The number of rotatable bonds is 8. The van der Waals surface area contributed by atoms with Crippen molar-refractivity contribution in [1.29, 1.82) is 0 Å². The summed E-state index contributed by atoms with van der Waals surface area (Å²) in [4.78, 5) is 41.8. The fourth-order valence-electron chi connectivity index (χ4n) is 4.70. The summed E-state index contributed by atoms with van der Waals surface area (Å²) in [6, 6.07) is 15.2. The van der Waals surface area contributed by atoms with Crippen LogP contribution in [0.15, 0.2) is 54.6 Å². The Balaban J connectivity index is 1.67. The Morgan fingerprint density at radius 1 is 1.15 bits per heavy atom. The largest absolute Gasteiger partial charge is 0.496 e. The second kappa shape index (κ2) is 12.1. The molecule has 0 bridgehead atoms. The van der Waals surface area contributed by atoms with Crippen LogP contribution in [0.1, 0.15) is 43.6 Å². The first-order valence-electron chi connectivity index (χ1n) is 13.5. The van der Waals surface area contributed by atoms with E-state index >= 15 is 0 Å². The zero-order valence-electron chi connectivity index (χ0n) is 24.3. The van der Waals surface area contributed by atoms with E-state index in [1.807, 2.05) is 43.3 Å². The zero-order valence-corrected chi connectivity index (χ0v) is 24.3. The van der Waals surface area contributed by atoms with E-state index in [2.05, 4.69) is 5.32 Å². The molecule has 0 spiro atoms. The minimum absolute atomic E-state index is 0.0381. The van der Waals surface area contributed by atoms with E-state index in [1.54, 1.807) is 52.0 Å². The molecule has 0 fully saturated rings. The summed E-state index contributed by atoms with van der Waals surface area (Å²) in [6.07, 6.45) is -0.474. The number of fused-ring (bicyclic) bond motifs is 2. The average Bonchev–Trinajstić information content (AvgIpc) is 3.06. The van der Waals surface area contributed by atoms with Gasteiger partial charge in [-0.15, -0.1) is 0 Å². The van der Waals surface area contributed by atoms with E-state index in [0.29, 0.717) is 11.4 Å². The first kappa shape index (κ1) is 29.7. The Bertz CT molecular complexity index is 1450. The number of para-hydroxylation sites is 1. The smallest absolute Gasteiger partial charge is 0.410 e. The predicted molar refractivity (Wildman–Crippen MR) is 156 cm³/mol. The quantitative estimate of drug-likeness (QED) is 0.406. The molecule has 2 atom stereocenters. The van der Waals surface area contributed by atoms with Gasteiger partial charge in [-0.2, -0.15) is 0 Å². The molecule has 10 nitrogen and oxygen atoms in total. The topological polar surface area (TPSA) is 118 Å².